The van der Waals surface area contributed by atoms with Gasteiger partial charge >= 0.3 is 11.9 Å². The number of primary amides is 1. The molecule has 8 nitrogen and oxygen atoms in total. The van der Waals surface area contributed by atoms with Crippen molar-refractivity contribution < 1.29 is 24.6 Å². The maximum absolute atomic E-state index is 10.8. The number of hydrogen-bond acceptors (Lipinski definition) is 5. The van der Waals surface area contributed by atoms with E-state index in [4.69, 9.17) is 21.7 Å². The summed E-state index contributed by atoms with van der Waals surface area (Å²) < 4.78 is 0. The van der Waals surface area contributed by atoms with Crippen molar-refractivity contribution in [1.29, 1.82) is 0 Å². The minimum absolute atomic E-state index is 0.146. The number of nitrogens with zero attached hydrogens (tertiary/aromatic N) is 1. The number of benzene rings is 1. The molecule has 2 aromatic rings. The minimum Gasteiger partial charge on any atom is -0.478 e. The highest BCUT2D eigenvalue weighted by atomic mass is 16.4. The maximum atomic E-state index is 10.8. The molecule has 8 heteroatoms. The topological polar surface area (TPSA) is 157 Å². The minimum atomic E-state index is -1.32. The Morgan fingerprint density at radius 2 is 1.41 bits per heavy atom. The summed E-state index contributed by atoms with van der Waals surface area (Å²) in [6.45, 7) is 0. The van der Waals surface area contributed by atoms with Gasteiger partial charge in [0.25, 0.3) is 0 Å². The van der Waals surface area contributed by atoms with Crippen molar-refractivity contribution in [3.8, 4) is 0 Å². The maximum Gasteiger partial charge on any atom is 0.335 e. The summed E-state index contributed by atoms with van der Waals surface area (Å²) in [5, 5.41) is 17.3. The average Bonchev–Trinajstić information content (AvgIpc) is 2.48. The van der Waals surface area contributed by atoms with Crippen molar-refractivity contribution in [2.24, 2.45) is 5.73 Å². The number of pyridine rings is 1. The lowest BCUT2D eigenvalue weighted by Crippen LogP contribution is -2.14. The van der Waals surface area contributed by atoms with E-state index in [9.17, 15) is 14.4 Å². The summed E-state index contributed by atoms with van der Waals surface area (Å²) >= 11 is 0. The van der Waals surface area contributed by atoms with Crippen molar-refractivity contribution in [3.63, 3.8) is 0 Å². The second-order valence-corrected chi connectivity index (χ2v) is 4.03. The zero-order chi connectivity index (χ0) is 16.7. The molecular weight excluding hydrogens is 290 g/mol. The van der Waals surface area contributed by atoms with Gasteiger partial charge in [0.15, 0.2) is 0 Å². The number of nitrogens with two attached hydrogens (primary N) is 2. The van der Waals surface area contributed by atoms with Crippen molar-refractivity contribution in [2.45, 2.75) is 0 Å². The highest BCUT2D eigenvalue weighted by molar-refractivity contribution is 6.00. The Morgan fingerprint density at radius 1 is 0.909 bits per heavy atom. The van der Waals surface area contributed by atoms with Crippen LogP contribution in [0.1, 0.15) is 31.1 Å². The molecule has 0 radical (unpaired) electrons. The molecule has 1 heterocycles. The quantitative estimate of drug-likeness (QED) is 0.654. The fourth-order valence-corrected chi connectivity index (χ4v) is 1.39. The van der Waals surface area contributed by atoms with Gasteiger partial charge in [-0.05, 0) is 30.3 Å². The molecule has 0 fully saturated rings. The number of aromatic carboxylic acids is 2. The van der Waals surface area contributed by atoms with E-state index in [1.165, 1.54) is 0 Å². The molecule has 0 unspecified atom stereocenters. The van der Waals surface area contributed by atoms with Crippen LogP contribution in [-0.4, -0.2) is 33.0 Å². The molecule has 0 bridgehead atoms. The molecule has 1 aromatic carbocycles. The first-order valence-electron chi connectivity index (χ1n) is 5.89. The fraction of sp³-hybridized carbons (Fsp3) is 0. The number of anilines is 1. The predicted molar refractivity (Wildman–Crippen MR) is 77.5 cm³/mol. The van der Waals surface area contributed by atoms with Crippen LogP contribution in [0.15, 0.2) is 42.6 Å². The largest absolute Gasteiger partial charge is 0.478 e. The zero-order valence-corrected chi connectivity index (χ0v) is 11.3. The number of carboxylic acid groups (broad SMARTS) is 2. The summed E-state index contributed by atoms with van der Waals surface area (Å²) in [5.41, 5.74) is 9.45. The van der Waals surface area contributed by atoms with E-state index in [2.05, 4.69) is 4.98 Å². The Hall–Kier alpha value is -3.42. The average molecular weight is 303 g/mol. The van der Waals surface area contributed by atoms with E-state index >= 15 is 0 Å². The third kappa shape index (κ3) is 4.93. The van der Waals surface area contributed by atoms with Crippen molar-refractivity contribution >= 4 is 23.7 Å². The van der Waals surface area contributed by atoms with E-state index in [-0.39, 0.29) is 16.7 Å². The van der Waals surface area contributed by atoms with Crippen LogP contribution in [0.25, 0.3) is 0 Å². The van der Waals surface area contributed by atoms with Gasteiger partial charge in [-0.1, -0.05) is 6.07 Å². The predicted octanol–water partition coefficient (Wildman–Crippen LogP) is 0.846. The van der Waals surface area contributed by atoms with E-state index < -0.39 is 17.8 Å². The first kappa shape index (κ1) is 16.6. The molecule has 114 valence electrons. The molecule has 0 saturated heterocycles. The SMILES string of the molecule is NC(=O)c1cc(C(=O)O)cc(C(=O)O)c1.Nc1ccccn1. The van der Waals surface area contributed by atoms with Crippen LogP contribution < -0.4 is 11.5 Å². The number of aromatic nitrogens is 1. The normalized spacial score (nSPS) is 9.27. The van der Waals surface area contributed by atoms with Gasteiger partial charge in [0, 0.05) is 11.8 Å². The van der Waals surface area contributed by atoms with E-state index in [1.807, 2.05) is 12.1 Å². The standard InChI is InChI=1S/C9H7NO5.C5H6N2/c10-7(11)4-1-5(8(12)13)3-6(2-4)9(14)15;6-5-3-1-2-4-7-5/h1-3H,(H2,10,11)(H,12,13)(H,14,15);1-4H,(H2,6,7). The van der Waals surface area contributed by atoms with Gasteiger partial charge < -0.3 is 21.7 Å². The number of amides is 1. The number of carbonyl (C=O) groups is 3. The Labute approximate surface area is 125 Å². The third-order valence-corrected chi connectivity index (χ3v) is 2.40. The van der Waals surface area contributed by atoms with Gasteiger partial charge in [0.05, 0.1) is 11.1 Å². The number of hydrogen-bond donors (Lipinski definition) is 4. The smallest absolute Gasteiger partial charge is 0.335 e. The molecule has 0 saturated carbocycles. The lowest BCUT2D eigenvalue weighted by Gasteiger charge is -2.01. The Bertz CT molecular complexity index is 622. The summed E-state index contributed by atoms with van der Waals surface area (Å²) in [6, 6.07) is 8.43. The van der Waals surface area contributed by atoms with Gasteiger partial charge in [0.2, 0.25) is 5.91 Å². The molecule has 22 heavy (non-hydrogen) atoms. The lowest BCUT2D eigenvalue weighted by molar-refractivity contribution is 0.0696. The second-order valence-electron chi connectivity index (χ2n) is 4.03. The summed E-state index contributed by atoms with van der Waals surface area (Å²) in [4.78, 5) is 35.8. The van der Waals surface area contributed by atoms with Crippen LogP contribution in [0.3, 0.4) is 0 Å². The van der Waals surface area contributed by atoms with E-state index in [0.29, 0.717) is 5.82 Å². The van der Waals surface area contributed by atoms with Crippen molar-refractivity contribution in [1.82, 2.24) is 4.98 Å². The van der Waals surface area contributed by atoms with Crippen molar-refractivity contribution in [2.75, 3.05) is 5.73 Å². The van der Waals surface area contributed by atoms with Crippen LogP contribution in [-0.2, 0) is 0 Å². The van der Waals surface area contributed by atoms with Gasteiger partial charge in [-0.25, -0.2) is 14.6 Å². The van der Waals surface area contributed by atoms with Crippen LogP contribution in [0, 0.1) is 0 Å². The molecule has 0 aliphatic rings. The fourth-order valence-electron chi connectivity index (χ4n) is 1.39. The summed E-state index contributed by atoms with van der Waals surface area (Å²) in [5.74, 6) is -2.94. The molecule has 6 N–H and O–H groups in total. The Morgan fingerprint density at radius 3 is 1.68 bits per heavy atom. The van der Waals surface area contributed by atoms with Gasteiger partial charge in [-0.2, -0.15) is 0 Å². The van der Waals surface area contributed by atoms with Crippen LogP contribution in [0.4, 0.5) is 5.82 Å². The molecule has 0 spiro atoms. The van der Waals surface area contributed by atoms with Crippen LogP contribution in [0.5, 0.6) is 0 Å². The van der Waals surface area contributed by atoms with Gasteiger partial charge in [-0.3, -0.25) is 4.79 Å². The molecular formula is C14H13N3O5. The molecule has 0 aliphatic heterocycles. The molecule has 0 atom stereocenters. The second kappa shape index (κ2) is 7.39. The van der Waals surface area contributed by atoms with Crippen LogP contribution in [0.2, 0.25) is 0 Å². The first-order valence-corrected chi connectivity index (χ1v) is 5.89. The molecule has 2 rings (SSSR count). The molecule has 1 amide bonds. The lowest BCUT2D eigenvalue weighted by atomic mass is 10.1. The summed E-state index contributed by atoms with van der Waals surface area (Å²) in [7, 11) is 0. The molecule has 1 aromatic heterocycles. The van der Waals surface area contributed by atoms with Crippen molar-refractivity contribution in [3.05, 3.63) is 59.3 Å². The zero-order valence-electron chi connectivity index (χ0n) is 11.3. The highest BCUT2D eigenvalue weighted by Crippen LogP contribution is 2.10. The Kier molecular flexibility index (Phi) is 5.58. The summed E-state index contributed by atoms with van der Waals surface area (Å²) in [6.07, 6.45) is 1.66. The monoisotopic (exact) mass is 303 g/mol. The van der Waals surface area contributed by atoms with Crippen LogP contribution >= 0.6 is 0 Å². The van der Waals surface area contributed by atoms with E-state index in [0.717, 1.165) is 18.2 Å². The van der Waals surface area contributed by atoms with E-state index in [1.54, 1.807) is 12.3 Å². The molecule has 0 aliphatic carbocycles. The number of nitrogen functional groups attached to an aromatic ring is 1. The number of rotatable bonds is 3. The highest BCUT2D eigenvalue weighted by Gasteiger charge is 2.13. The third-order valence-electron chi connectivity index (χ3n) is 2.40. The number of carboxylic acids is 2. The van der Waals surface area contributed by atoms with Gasteiger partial charge in [0.1, 0.15) is 5.82 Å². The first-order chi connectivity index (χ1) is 10.3. The Balaban J connectivity index is 0.000000287. The van der Waals surface area contributed by atoms with Gasteiger partial charge in [-0.15, -0.1) is 0 Å². The number of carbonyl (C=O) groups excluding carboxylic acids is 1.